The van der Waals surface area contributed by atoms with E-state index in [2.05, 4.69) is 9.97 Å². The number of carbonyl (C=O) groups is 1. The summed E-state index contributed by atoms with van der Waals surface area (Å²) in [5.74, 6) is 1.32. The molecule has 0 atom stereocenters. The van der Waals surface area contributed by atoms with Gasteiger partial charge in [-0.1, -0.05) is 0 Å². The van der Waals surface area contributed by atoms with Crippen LogP contribution in [-0.4, -0.2) is 42.2 Å². The minimum Gasteiger partial charge on any atom is -0.489 e. The first-order valence-electron chi connectivity index (χ1n) is 7.75. The second-order valence-corrected chi connectivity index (χ2v) is 5.61. The Morgan fingerprint density at radius 1 is 1.26 bits per heavy atom. The summed E-state index contributed by atoms with van der Waals surface area (Å²) in [6, 6.07) is 1.75. The first-order chi connectivity index (χ1) is 11.3. The number of anilines is 1. The van der Waals surface area contributed by atoms with Crippen LogP contribution in [0.4, 0.5) is 5.69 Å². The van der Waals surface area contributed by atoms with E-state index >= 15 is 0 Å². The van der Waals surface area contributed by atoms with Crippen LogP contribution >= 0.6 is 0 Å². The second-order valence-electron chi connectivity index (χ2n) is 5.61. The number of oxazole rings is 1. The Morgan fingerprint density at radius 2 is 2.13 bits per heavy atom. The average Bonchev–Trinajstić information content (AvgIpc) is 3.11. The molecule has 0 aromatic carbocycles. The molecule has 0 aliphatic carbocycles. The maximum atomic E-state index is 12.8. The van der Waals surface area contributed by atoms with Gasteiger partial charge in [-0.05, 0) is 12.8 Å². The van der Waals surface area contributed by atoms with Crippen molar-refractivity contribution in [3.8, 4) is 5.75 Å². The molecule has 1 fully saturated rings. The lowest BCUT2D eigenvalue weighted by Crippen LogP contribution is -2.38. The lowest BCUT2D eigenvalue weighted by molar-refractivity contribution is 0.0794. The van der Waals surface area contributed by atoms with Crippen molar-refractivity contribution in [3.63, 3.8) is 0 Å². The number of rotatable bonds is 2. The molecule has 0 radical (unpaired) electrons. The van der Waals surface area contributed by atoms with Crippen LogP contribution in [0.25, 0.3) is 0 Å². The molecule has 0 spiro atoms. The average molecular weight is 315 g/mol. The standard InChI is InChI=1S/C16H17N3O4/c20-16(19-5-8-22-14-1-4-17-9-13(14)19)12-10-23-15(18-12)11-2-6-21-7-3-11/h1,4,9-11H,2-3,5-8H2. The maximum absolute atomic E-state index is 12.8. The minimum atomic E-state index is -0.190. The molecule has 0 unspecified atom stereocenters. The van der Waals surface area contributed by atoms with E-state index < -0.39 is 0 Å². The fraction of sp³-hybridized carbons (Fsp3) is 0.438. The molecule has 7 heteroatoms. The first kappa shape index (κ1) is 14.2. The zero-order chi connectivity index (χ0) is 15.6. The number of carbonyl (C=O) groups excluding carboxylic acids is 1. The molecule has 1 saturated heterocycles. The molecule has 4 heterocycles. The van der Waals surface area contributed by atoms with Crippen LogP contribution in [0.15, 0.2) is 29.1 Å². The molecule has 2 aromatic heterocycles. The van der Waals surface area contributed by atoms with Crippen molar-refractivity contribution in [1.29, 1.82) is 0 Å². The molecule has 2 aliphatic heterocycles. The van der Waals surface area contributed by atoms with Gasteiger partial charge in [0.25, 0.3) is 5.91 Å². The van der Waals surface area contributed by atoms with E-state index in [0.29, 0.717) is 49.4 Å². The highest BCUT2D eigenvalue weighted by Crippen LogP contribution is 2.32. The SMILES string of the molecule is O=C(c1coc(C2CCOCC2)n1)N1CCOc2ccncc21. The molecule has 2 aliphatic rings. The molecule has 120 valence electrons. The Morgan fingerprint density at radius 3 is 3.00 bits per heavy atom. The predicted molar refractivity (Wildman–Crippen MR) is 80.7 cm³/mol. The molecule has 4 rings (SSSR count). The molecular weight excluding hydrogens is 298 g/mol. The van der Waals surface area contributed by atoms with Crippen molar-refractivity contribution >= 4 is 11.6 Å². The fourth-order valence-electron chi connectivity index (χ4n) is 2.93. The molecule has 0 N–H and O–H groups in total. The zero-order valence-corrected chi connectivity index (χ0v) is 12.6. The molecule has 0 bridgehead atoms. The highest BCUT2D eigenvalue weighted by molar-refractivity contribution is 6.05. The van der Waals surface area contributed by atoms with Crippen LogP contribution < -0.4 is 9.64 Å². The van der Waals surface area contributed by atoms with Gasteiger partial charge in [0.1, 0.15) is 24.3 Å². The summed E-state index contributed by atoms with van der Waals surface area (Å²) in [6.07, 6.45) is 6.47. The topological polar surface area (TPSA) is 77.7 Å². The van der Waals surface area contributed by atoms with Crippen molar-refractivity contribution in [2.75, 3.05) is 31.3 Å². The van der Waals surface area contributed by atoms with E-state index in [1.807, 2.05) is 0 Å². The Hall–Kier alpha value is -2.41. The zero-order valence-electron chi connectivity index (χ0n) is 12.6. The lowest BCUT2D eigenvalue weighted by Gasteiger charge is -2.28. The summed E-state index contributed by atoms with van der Waals surface area (Å²) in [5, 5.41) is 0. The van der Waals surface area contributed by atoms with Gasteiger partial charge in [0.2, 0.25) is 0 Å². The van der Waals surface area contributed by atoms with Gasteiger partial charge in [0, 0.05) is 31.4 Å². The summed E-state index contributed by atoms with van der Waals surface area (Å²) in [4.78, 5) is 22.9. The van der Waals surface area contributed by atoms with Gasteiger partial charge in [-0.2, -0.15) is 0 Å². The largest absolute Gasteiger partial charge is 0.489 e. The monoisotopic (exact) mass is 315 g/mol. The maximum Gasteiger partial charge on any atom is 0.280 e. The molecule has 1 amide bonds. The smallest absolute Gasteiger partial charge is 0.280 e. The summed E-state index contributed by atoms with van der Waals surface area (Å²) in [5.41, 5.74) is 0.988. The minimum absolute atomic E-state index is 0.190. The Bertz CT molecular complexity index is 709. The van der Waals surface area contributed by atoms with E-state index in [4.69, 9.17) is 13.9 Å². The summed E-state index contributed by atoms with van der Waals surface area (Å²) in [7, 11) is 0. The van der Waals surface area contributed by atoms with E-state index in [9.17, 15) is 4.79 Å². The number of aromatic nitrogens is 2. The van der Waals surface area contributed by atoms with Crippen molar-refractivity contribution in [2.24, 2.45) is 0 Å². The second kappa shape index (κ2) is 6.00. The number of nitrogens with zero attached hydrogens (tertiary/aromatic N) is 3. The number of fused-ring (bicyclic) bond motifs is 1. The van der Waals surface area contributed by atoms with Gasteiger partial charge >= 0.3 is 0 Å². The third-order valence-corrected chi connectivity index (χ3v) is 4.18. The lowest BCUT2D eigenvalue weighted by atomic mass is 10.0. The van der Waals surface area contributed by atoms with Crippen molar-refractivity contribution in [1.82, 2.24) is 9.97 Å². The van der Waals surface area contributed by atoms with E-state index in [1.165, 1.54) is 6.26 Å². The highest BCUT2D eigenvalue weighted by atomic mass is 16.5. The number of ether oxygens (including phenoxy) is 2. The van der Waals surface area contributed by atoms with Crippen LogP contribution in [-0.2, 0) is 4.74 Å². The molecule has 7 nitrogen and oxygen atoms in total. The van der Waals surface area contributed by atoms with E-state index in [-0.39, 0.29) is 11.8 Å². The van der Waals surface area contributed by atoms with Crippen LogP contribution in [0.1, 0.15) is 35.1 Å². The quantitative estimate of drug-likeness (QED) is 0.843. The number of hydrogen-bond donors (Lipinski definition) is 0. The molecule has 2 aromatic rings. The Labute approximate surface area is 133 Å². The fourth-order valence-corrected chi connectivity index (χ4v) is 2.93. The van der Waals surface area contributed by atoms with Crippen molar-refractivity contribution in [2.45, 2.75) is 18.8 Å². The van der Waals surface area contributed by atoms with Crippen LogP contribution in [0.2, 0.25) is 0 Å². The van der Waals surface area contributed by atoms with Crippen LogP contribution in [0, 0.1) is 0 Å². The number of pyridine rings is 1. The Kier molecular flexibility index (Phi) is 3.70. The third-order valence-electron chi connectivity index (χ3n) is 4.18. The van der Waals surface area contributed by atoms with Crippen LogP contribution in [0.5, 0.6) is 5.75 Å². The molecule has 0 saturated carbocycles. The first-order valence-corrected chi connectivity index (χ1v) is 7.75. The van der Waals surface area contributed by atoms with Gasteiger partial charge in [-0.25, -0.2) is 4.98 Å². The van der Waals surface area contributed by atoms with Gasteiger partial charge in [-0.3, -0.25) is 14.7 Å². The van der Waals surface area contributed by atoms with E-state index in [1.54, 1.807) is 23.4 Å². The predicted octanol–water partition coefficient (Wildman–Crippen LogP) is 2.00. The van der Waals surface area contributed by atoms with Gasteiger partial charge < -0.3 is 13.9 Å². The summed E-state index contributed by atoms with van der Waals surface area (Å²) < 4.78 is 16.4. The summed E-state index contributed by atoms with van der Waals surface area (Å²) >= 11 is 0. The molecular formula is C16H17N3O4. The van der Waals surface area contributed by atoms with Crippen molar-refractivity contribution in [3.05, 3.63) is 36.3 Å². The van der Waals surface area contributed by atoms with E-state index in [0.717, 1.165) is 12.8 Å². The van der Waals surface area contributed by atoms with Crippen molar-refractivity contribution < 1.29 is 18.7 Å². The van der Waals surface area contributed by atoms with Gasteiger partial charge in [-0.15, -0.1) is 0 Å². The summed E-state index contributed by atoms with van der Waals surface area (Å²) in [6.45, 7) is 2.34. The van der Waals surface area contributed by atoms with Crippen LogP contribution in [0.3, 0.4) is 0 Å². The number of amides is 1. The van der Waals surface area contributed by atoms with Gasteiger partial charge in [0.05, 0.1) is 12.7 Å². The Balaban J connectivity index is 1.57. The molecule has 23 heavy (non-hydrogen) atoms. The normalized spacial score (nSPS) is 18.3. The third kappa shape index (κ3) is 2.68. The highest BCUT2D eigenvalue weighted by Gasteiger charge is 2.28. The van der Waals surface area contributed by atoms with Gasteiger partial charge in [0.15, 0.2) is 11.6 Å². The number of hydrogen-bond acceptors (Lipinski definition) is 6.